The van der Waals surface area contributed by atoms with E-state index in [9.17, 15) is 18.0 Å². The number of nitrogens with zero attached hydrogens (tertiary/aromatic N) is 1. The maximum absolute atomic E-state index is 11.4. The van der Waals surface area contributed by atoms with Crippen LogP contribution in [0.15, 0.2) is 12.1 Å². The highest BCUT2D eigenvalue weighted by Crippen LogP contribution is 2.09. The normalized spacial score (nSPS) is 11.5. The van der Waals surface area contributed by atoms with Gasteiger partial charge in [0, 0.05) is 26.1 Å². The monoisotopic (exact) mass is 258 g/mol. The third-order valence-electron chi connectivity index (χ3n) is 2.33. The Morgan fingerprint density at radius 2 is 1.94 bits per heavy atom. The molecule has 6 nitrogen and oxygen atoms in total. The van der Waals surface area contributed by atoms with Crippen molar-refractivity contribution in [1.29, 1.82) is 0 Å². The third-order valence-corrected chi connectivity index (χ3v) is 3.05. The second-order valence-corrected chi connectivity index (χ2v) is 5.46. The summed E-state index contributed by atoms with van der Waals surface area (Å²) in [6.45, 7) is 1.42. The van der Waals surface area contributed by atoms with Gasteiger partial charge in [-0.3, -0.25) is 9.59 Å². The molecule has 0 bridgehead atoms. The summed E-state index contributed by atoms with van der Waals surface area (Å²) in [4.78, 5) is 22.6. The minimum Gasteiger partial charge on any atom is -0.345 e. The van der Waals surface area contributed by atoms with Gasteiger partial charge in [0.25, 0.3) is 0 Å². The van der Waals surface area contributed by atoms with E-state index in [1.807, 2.05) is 0 Å². The van der Waals surface area contributed by atoms with E-state index in [1.165, 1.54) is 6.92 Å². The van der Waals surface area contributed by atoms with Crippen LogP contribution < -0.4 is 5.14 Å². The molecule has 1 heterocycles. The number of carbonyl (C=O) groups excluding carboxylic acids is 2. The first-order valence-electron chi connectivity index (χ1n) is 4.88. The molecule has 0 aromatic carbocycles. The van der Waals surface area contributed by atoms with Crippen molar-refractivity contribution >= 4 is 21.6 Å². The van der Waals surface area contributed by atoms with E-state index in [0.29, 0.717) is 11.4 Å². The fourth-order valence-electron chi connectivity index (χ4n) is 1.56. The highest BCUT2D eigenvalue weighted by molar-refractivity contribution is 7.89. The van der Waals surface area contributed by atoms with Crippen LogP contribution in [0.4, 0.5) is 0 Å². The Labute approximate surface area is 99.5 Å². The van der Waals surface area contributed by atoms with Crippen LogP contribution in [0.1, 0.15) is 23.1 Å². The number of nitrogens with two attached hydrogens (primary N) is 1. The zero-order chi connectivity index (χ0) is 13.2. The van der Waals surface area contributed by atoms with Gasteiger partial charge in [0.05, 0.1) is 5.69 Å². The molecule has 94 valence electrons. The van der Waals surface area contributed by atoms with Crippen LogP contribution >= 0.6 is 0 Å². The molecule has 0 saturated heterocycles. The molecule has 0 amide bonds. The van der Waals surface area contributed by atoms with Crippen LogP contribution in [0.25, 0.3) is 0 Å². The Morgan fingerprint density at radius 3 is 2.35 bits per heavy atom. The van der Waals surface area contributed by atoms with Gasteiger partial charge in [-0.15, -0.1) is 0 Å². The number of hydrogen-bond donors (Lipinski definition) is 1. The number of carbonyl (C=O) groups is 2. The van der Waals surface area contributed by atoms with Crippen molar-refractivity contribution in [3.63, 3.8) is 0 Å². The lowest BCUT2D eigenvalue weighted by Crippen LogP contribution is -2.24. The lowest BCUT2D eigenvalue weighted by molar-refractivity contribution is -0.116. The van der Waals surface area contributed by atoms with Crippen LogP contribution in [0.2, 0.25) is 0 Å². The largest absolute Gasteiger partial charge is 0.345 e. The highest BCUT2D eigenvalue weighted by atomic mass is 32.2. The zero-order valence-corrected chi connectivity index (χ0v) is 10.5. The topological polar surface area (TPSA) is 99.2 Å². The van der Waals surface area contributed by atoms with Gasteiger partial charge in [-0.05, 0) is 12.1 Å². The Balaban J connectivity index is 2.83. The second kappa shape index (κ2) is 4.80. The van der Waals surface area contributed by atoms with Crippen LogP contribution in [-0.2, 0) is 28.3 Å². The highest BCUT2D eigenvalue weighted by Gasteiger charge is 2.15. The molecule has 0 spiro atoms. The summed E-state index contributed by atoms with van der Waals surface area (Å²) < 4.78 is 23.0. The van der Waals surface area contributed by atoms with Crippen molar-refractivity contribution in [3.8, 4) is 0 Å². The minimum absolute atomic E-state index is 0.0553. The average molecular weight is 258 g/mol. The van der Waals surface area contributed by atoms with E-state index in [2.05, 4.69) is 0 Å². The number of hydrogen-bond acceptors (Lipinski definition) is 4. The van der Waals surface area contributed by atoms with Gasteiger partial charge in [0.2, 0.25) is 10.0 Å². The van der Waals surface area contributed by atoms with Gasteiger partial charge in [0.15, 0.2) is 11.6 Å². The molecule has 17 heavy (non-hydrogen) atoms. The van der Waals surface area contributed by atoms with Gasteiger partial charge in [-0.2, -0.15) is 0 Å². The number of primary sulfonamides is 1. The smallest absolute Gasteiger partial charge is 0.216 e. The Bertz CT molecular complexity index is 557. The standard InChI is InChI=1S/C10H14N2O4S/c1-7(13)10-4-3-8(12(10)2)5-9(14)6-17(11,15)16/h3-4H,5-6H2,1-2H3,(H2,11,15,16). The minimum atomic E-state index is -3.79. The van der Waals surface area contributed by atoms with Crippen molar-refractivity contribution in [3.05, 3.63) is 23.5 Å². The SMILES string of the molecule is CC(=O)c1ccc(CC(=O)CS(N)(=O)=O)n1C. The van der Waals surface area contributed by atoms with E-state index in [4.69, 9.17) is 5.14 Å². The van der Waals surface area contributed by atoms with Crippen molar-refractivity contribution in [2.75, 3.05) is 5.75 Å². The van der Waals surface area contributed by atoms with Gasteiger partial charge < -0.3 is 4.57 Å². The van der Waals surface area contributed by atoms with Crippen molar-refractivity contribution < 1.29 is 18.0 Å². The van der Waals surface area contributed by atoms with Gasteiger partial charge in [-0.1, -0.05) is 0 Å². The van der Waals surface area contributed by atoms with Crippen molar-refractivity contribution in [2.45, 2.75) is 13.3 Å². The first-order chi connectivity index (χ1) is 7.70. The van der Waals surface area contributed by atoms with E-state index in [1.54, 1.807) is 23.7 Å². The first-order valence-corrected chi connectivity index (χ1v) is 6.60. The maximum Gasteiger partial charge on any atom is 0.216 e. The van der Waals surface area contributed by atoms with Crippen LogP contribution in [0.5, 0.6) is 0 Å². The molecule has 0 aliphatic carbocycles. The quantitative estimate of drug-likeness (QED) is 0.728. The van der Waals surface area contributed by atoms with Gasteiger partial charge >= 0.3 is 0 Å². The predicted octanol–water partition coefficient (Wildman–Crippen LogP) is -0.372. The van der Waals surface area contributed by atoms with E-state index in [0.717, 1.165) is 0 Å². The lowest BCUT2D eigenvalue weighted by atomic mass is 10.2. The molecule has 0 aliphatic rings. The molecule has 7 heteroatoms. The summed E-state index contributed by atoms with van der Waals surface area (Å²) in [5, 5.41) is 4.77. The van der Waals surface area contributed by atoms with E-state index in [-0.39, 0.29) is 12.2 Å². The molecule has 0 aliphatic heterocycles. The summed E-state index contributed by atoms with van der Waals surface area (Å²) in [5.74, 6) is -1.30. The number of sulfonamides is 1. The Hall–Kier alpha value is -1.47. The van der Waals surface area contributed by atoms with E-state index >= 15 is 0 Å². The summed E-state index contributed by atoms with van der Waals surface area (Å²) in [5.41, 5.74) is 1.06. The van der Waals surface area contributed by atoms with Crippen molar-refractivity contribution in [1.82, 2.24) is 4.57 Å². The fraction of sp³-hybridized carbons (Fsp3) is 0.400. The maximum atomic E-state index is 11.4. The molecule has 1 aromatic rings. The number of Topliss-reactive ketones (excluding diaryl/α,β-unsaturated/α-hetero) is 2. The number of ketones is 2. The van der Waals surface area contributed by atoms with E-state index < -0.39 is 21.6 Å². The zero-order valence-electron chi connectivity index (χ0n) is 9.63. The van der Waals surface area contributed by atoms with Gasteiger partial charge in [0.1, 0.15) is 5.75 Å². The van der Waals surface area contributed by atoms with Gasteiger partial charge in [-0.25, -0.2) is 13.6 Å². The van der Waals surface area contributed by atoms with Crippen LogP contribution in [0.3, 0.4) is 0 Å². The molecule has 0 atom stereocenters. The molecule has 0 radical (unpaired) electrons. The van der Waals surface area contributed by atoms with Crippen LogP contribution in [-0.4, -0.2) is 30.3 Å². The first kappa shape index (κ1) is 13.6. The molecule has 1 rings (SSSR count). The van der Waals surface area contributed by atoms with Crippen LogP contribution in [0, 0.1) is 0 Å². The molecular formula is C10H14N2O4S. The van der Waals surface area contributed by atoms with Crippen molar-refractivity contribution in [2.24, 2.45) is 12.2 Å². The Kier molecular flexibility index (Phi) is 3.84. The predicted molar refractivity (Wildman–Crippen MR) is 62.1 cm³/mol. The second-order valence-electron chi connectivity index (χ2n) is 3.85. The third kappa shape index (κ3) is 3.79. The molecule has 0 unspecified atom stereocenters. The molecule has 0 fully saturated rings. The number of rotatable bonds is 5. The average Bonchev–Trinajstić information content (AvgIpc) is 2.44. The fourth-order valence-corrected chi connectivity index (χ4v) is 2.11. The summed E-state index contributed by atoms with van der Waals surface area (Å²) in [7, 11) is -2.14. The summed E-state index contributed by atoms with van der Waals surface area (Å²) in [6.07, 6.45) is -0.0553. The summed E-state index contributed by atoms with van der Waals surface area (Å²) in [6, 6.07) is 3.22. The molecule has 1 aromatic heterocycles. The molecule has 2 N–H and O–H groups in total. The Morgan fingerprint density at radius 1 is 1.35 bits per heavy atom. The molecular weight excluding hydrogens is 244 g/mol. The number of aromatic nitrogens is 1. The lowest BCUT2D eigenvalue weighted by Gasteiger charge is -2.04. The summed E-state index contributed by atoms with van der Waals surface area (Å²) >= 11 is 0. The molecule has 0 saturated carbocycles.